The normalized spacial score (nSPS) is 15.5. The Balaban J connectivity index is 1.52. The van der Waals surface area contributed by atoms with Gasteiger partial charge in [0, 0.05) is 54.6 Å². The van der Waals surface area contributed by atoms with E-state index in [-0.39, 0.29) is 5.91 Å². The number of hydrogen-bond donors (Lipinski definition) is 0. The molecule has 4 nitrogen and oxygen atoms in total. The van der Waals surface area contributed by atoms with Crippen molar-refractivity contribution in [3.8, 4) is 10.4 Å². The summed E-state index contributed by atoms with van der Waals surface area (Å²) in [5.74, 6) is 0.195. The molecule has 1 saturated heterocycles. The first kappa shape index (κ1) is 18.4. The number of rotatable bonds is 6. The number of amides is 1. The van der Waals surface area contributed by atoms with Gasteiger partial charge >= 0.3 is 0 Å². The maximum atomic E-state index is 12.0. The minimum Gasteiger partial charge on any atom is -0.384 e. The van der Waals surface area contributed by atoms with Crippen LogP contribution in [0, 0.1) is 0 Å². The van der Waals surface area contributed by atoms with Crippen LogP contribution in [0.1, 0.15) is 11.3 Å². The smallest absolute Gasteiger partial charge is 0.224 e. The lowest BCUT2D eigenvalue weighted by molar-refractivity contribution is -0.133. The van der Waals surface area contributed by atoms with Gasteiger partial charge in [-0.25, -0.2) is 0 Å². The zero-order valence-electron chi connectivity index (χ0n) is 14.4. The fourth-order valence-corrected chi connectivity index (χ4v) is 4.22. The molecule has 134 valence electrons. The molecule has 25 heavy (non-hydrogen) atoms. The maximum Gasteiger partial charge on any atom is 0.224 e. The van der Waals surface area contributed by atoms with E-state index in [1.807, 2.05) is 34.4 Å². The van der Waals surface area contributed by atoms with Gasteiger partial charge in [0.1, 0.15) is 0 Å². The summed E-state index contributed by atoms with van der Waals surface area (Å²) in [6, 6.07) is 12.3. The van der Waals surface area contributed by atoms with E-state index in [4.69, 9.17) is 16.3 Å². The fourth-order valence-electron chi connectivity index (χ4n) is 2.98. The molecule has 0 bridgehead atoms. The monoisotopic (exact) mass is 378 g/mol. The van der Waals surface area contributed by atoms with E-state index in [1.165, 1.54) is 9.75 Å². The fraction of sp³-hybridized carbons (Fsp3) is 0.421. The van der Waals surface area contributed by atoms with Crippen LogP contribution in [-0.2, 0) is 16.1 Å². The largest absolute Gasteiger partial charge is 0.384 e. The Bertz CT molecular complexity index is 711. The molecule has 2 aromatic rings. The highest BCUT2D eigenvalue weighted by atomic mass is 35.5. The third-order valence-electron chi connectivity index (χ3n) is 4.40. The lowest BCUT2D eigenvalue weighted by Gasteiger charge is -2.34. The average molecular weight is 379 g/mol. The van der Waals surface area contributed by atoms with E-state index in [0.717, 1.165) is 43.3 Å². The highest BCUT2D eigenvalue weighted by molar-refractivity contribution is 7.15. The molecule has 0 spiro atoms. The average Bonchev–Trinajstić information content (AvgIpc) is 3.09. The number of piperazine rings is 1. The van der Waals surface area contributed by atoms with Crippen molar-refractivity contribution in [1.82, 2.24) is 9.80 Å². The molecule has 0 radical (unpaired) electrons. The summed E-state index contributed by atoms with van der Waals surface area (Å²) in [7, 11) is 1.63. The molecule has 1 fully saturated rings. The van der Waals surface area contributed by atoms with Crippen LogP contribution in [0.3, 0.4) is 0 Å². The summed E-state index contributed by atoms with van der Waals surface area (Å²) in [6.45, 7) is 4.88. The minimum atomic E-state index is 0.195. The van der Waals surface area contributed by atoms with Crippen LogP contribution < -0.4 is 0 Å². The van der Waals surface area contributed by atoms with E-state index in [0.29, 0.717) is 13.0 Å². The second-order valence-corrected chi connectivity index (χ2v) is 7.78. The van der Waals surface area contributed by atoms with Crippen molar-refractivity contribution in [3.05, 3.63) is 46.3 Å². The van der Waals surface area contributed by atoms with Gasteiger partial charge in [0.25, 0.3) is 0 Å². The number of methoxy groups -OCH3 is 1. The Morgan fingerprint density at radius 3 is 2.72 bits per heavy atom. The number of benzene rings is 1. The number of halogens is 1. The quantitative estimate of drug-likeness (QED) is 0.767. The zero-order chi connectivity index (χ0) is 17.6. The second kappa shape index (κ2) is 8.81. The van der Waals surface area contributed by atoms with Crippen LogP contribution in [0.2, 0.25) is 5.02 Å². The number of thiophene rings is 1. The van der Waals surface area contributed by atoms with Crippen LogP contribution >= 0.6 is 22.9 Å². The molecule has 1 aromatic heterocycles. The lowest BCUT2D eigenvalue weighted by Crippen LogP contribution is -2.48. The minimum absolute atomic E-state index is 0.195. The number of nitrogens with zero attached hydrogens (tertiary/aromatic N) is 2. The Morgan fingerprint density at radius 1 is 1.20 bits per heavy atom. The highest BCUT2D eigenvalue weighted by Gasteiger charge is 2.21. The number of carbonyl (C=O) groups excluding carboxylic acids is 1. The highest BCUT2D eigenvalue weighted by Crippen LogP contribution is 2.30. The van der Waals surface area contributed by atoms with Gasteiger partial charge in [0.05, 0.1) is 13.0 Å². The van der Waals surface area contributed by atoms with Gasteiger partial charge < -0.3 is 9.64 Å². The van der Waals surface area contributed by atoms with Crippen molar-refractivity contribution < 1.29 is 9.53 Å². The van der Waals surface area contributed by atoms with Crippen LogP contribution in [0.4, 0.5) is 0 Å². The SMILES string of the molecule is COCCC(=O)N1CCN(Cc2ccc(-c3cccc(Cl)c3)s2)CC1. The summed E-state index contributed by atoms with van der Waals surface area (Å²) in [5, 5.41) is 0.765. The zero-order valence-corrected chi connectivity index (χ0v) is 16.0. The molecule has 1 aromatic carbocycles. The molecule has 0 aliphatic carbocycles. The lowest BCUT2D eigenvalue weighted by atomic mass is 10.2. The summed E-state index contributed by atoms with van der Waals surface area (Å²) < 4.78 is 4.98. The van der Waals surface area contributed by atoms with Crippen molar-refractivity contribution in [1.29, 1.82) is 0 Å². The molecule has 0 unspecified atom stereocenters. The van der Waals surface area contributed by atoms with Crippen LogP contribution in [0.15, 0.2) is 36.4 Å². The molecule has 3 rings (SSSR count). The van der Waals surface area contributed by atoms with Crippen LogP contribution in [-0.4, -0.2) is 55.6 Å². The van der Waals surface area contributed by atoms with Crippen molar-refractivity contribution in [2.45, 2.75) is 13.0 Å². The molecule has 2 heterocycles. The number of ether oxygens (including phenoxy) is 1. The van der Waals surface area contributed by atoms with Crippen LogP contribution in [0.25, 0.3) is 10.4 Å². The molecule has 0 saturated carbocycles. The van der Waals surface area contributed by atoms with Crippen molar-refractivity contribution in [3.63, 3.8) is 0 Å². The van der Waals surface area contributed by atoms with Gasteiger partial charge in [-0.05, 0) is 29.8 Å². The topological polar surface area (TPSA) is 32.8 Å². The van der Waals surface area contributed by atoms with E-state index >= 15 is 0 Å². The molecule has 1 amide bonds. The molecular weight excluding hydrogens is 356 g/mol. The Kier molecular flexibility index (Phi) is 6.48. The predicted molar refractivity (Wildman–Crippen MR) is 103 cm³/mol. The van der Waals surface area contributed by atoms with E-state index in [1.54, 1.807) is 7.11 Å². The standard InChI is InChI=1S/C19H23ClN2O2S/c1-24-12-7-19(23)22-10-8-21(9-11-22)14-17-5-6-18(25-17)15-3-2-4-16(20)13-15/h2-6,13H,7-12,14H2,1H3. The van der Waals surface area contributed by atoms with Gasteiger partial charge in [-0.1, -0.05) is 23.7 Å². The van der Waals surface area contributed by atoms with E-state index in [2.05, 4.69) is 23.1 Å². The van der Waals surface area contributed by atoms with Gasteiger partial charge in [-0.15, -0.1) is 11.3 Å². The molecule has 0 atom stereocenters. The summed E-state index contributed by atoms with van der Waals surface area (Å²) in [4.78, 5) is 19.0. The number of hydrogen-bond acceptors (Lipinski definition) is 4. The molecule has 1 aliphatic heterocycles. The summed E-state index contributed by atoms with van der Waals surface area (Å²) in [6.07, 6.45) is 0.477. The molecule has 1 aliphatic rings. The van der Waals surface area contributed by atoms with Crippen molar-refractivity contribution >= 4 is 28.8 Å². The third kappa shape index (κ3) is 5.05. The Morgan fingerprint density at radius 2 is 2.00 bits per heavy atom. The second-order valence-electron chi connectivity index (χ2n) is 6.18. The number of carbonyl (C=O) groups is 1. The van der Waals surface area contributed by atoms with Gasteiger partial charge in [0.15, 0.2) is 0 Å². The van der Waals surface area contributed by atoms with Crippen molar-refractivity contribution in [2.24, 2.45) is 0 Å². The van der Waals surface area contributed by atoms with Gasteiger partial charge in [-0.2, -0.15) is 0 Å². The summed E-state index contributed by atoms with van der Waals surface area (Å²) >= 11 is 7.89. The molecule has 6 heteroatoms. The van der Waals surface area contributed by atoms with Crippen LogP contribution in [0.5, 0.6) is 0 Å². The van der Waals surface area contributed by atoms with E-state index < -0.39 is 0 Å². The molecular formula is C19H23ClN2O2S. The van der Waals surface area contributed by atoms with Crippen molar-refractivity contribution in [2.75, 3.05) is 39.9 Å². The van der Waals surface area contributed by atoms with E-state index in [9.17, 15) is 4.79 Å². The Hall–Kier alpha value is -1.40. The first-order chi connectivity index (χ1) is 12.2. The molecule has 0 N–H and O–H groups in total. The van der Waals surface area contributed by atoms with Gasteiger partial charge in [-0.3, -0.25) is 9.69 Å². The Labute approximate surface area is 158 Å². The van der Waals surface area contributed by atoms with Gasteiger partial charge in [0.2, 0.25) is 5.91 Å². The first-order valence-corrected chi connectivity index (χ1v) is 9.69. The first-order valence-electron chi connectivity index (χ1n) is 8.49. The predicted octanol–water partition coefficient (Wildman–Crippen LogP) is 3.75. The summed E-state index contributed by atoms with van der Waals surface area (Å²) in [5.41, 5.74) is 1.16. The maximum absolute atomic E-state index is 12.0. The third-order valence-corrected chi connectivity index (χ3v) is 5.75.